The van der Waals surface area contributed by atoms with Crippen molar-refractivity contribution < 1.29 is 9.90 Å². The van der Waals surface area contributed by atoms with E-state index in [1.54, 1.807) is 13.8 Å². The summed E-state index contributed by atoms with van der Waals surface area (Å²) in [5.41, 5.74) is 6.49. The predicted molar refractivity (Wildman–Crippen MR) is 149 cm³/mol. The molecule has 0 spiro atoms. The minimum absolute atomic E-state index is 0.171. The van der Waals surface area contributed by atoms with Gasteiger partial charge in [-0.1, -0.05) is 61.5 Å². The third-order valence-corrected chi connectivity index (χ3v) is 6.80. The lowest BCUT2D eigenvalue weighted by atomic mass is 9.95. The Morgan fingerprint density at radius 1 is 1.08 bits per heavy atom. The van der Waals surface area contributed by atoms with Crippen molar-refractivity contribution in [1.29, 1.82) is 5.26 Å². The number of aliphatic hydroxyl groups is 1. The van der Waals surface area contributed by atoms with Gasteiger partial charge in [-0.15, -0.1) is 0 Å². The van der Waals surface area contributed by atoms with Gasteiger partial charge >= 0.3 is 0 Å². The van der Waals surface area contributed by atoms with Crippen LogP contribution in [-0.4, -0.2) is 23.3 Å². The van der Waals surface area contributed by atoms with Gasteiger partial charge in [-0.2, -0.15) is 5.26 Å². The van der Waals surface area contributed by atoms with Crippen molar-refractivity contribution in [2.24, 2.45) is 4.99 Å². The molecule has 1 aliphatic rings. The van der Waals surface area contributed by atoms with Crippen molar-refractivity contribution >= 4 is 17.3 Å². The van der Waals surface area contributed by atoms with Crippen LogP contribution in [0.4, 0.5) is 5.69 Å². The molecule has 0 fully saturated rings. The maximum absolute atomic E-state index is 12.4. The van der Waals surface area contributed by atoms with E-state index in [0.29, 0.717) is 31.4 Å². The zero-order chi connectivity index (χ0) is 26.6. The first-order chi connectivity index (χ1) is 17.7. The molecule has 0 radical (unpaired) electrons. The van der Waals surface area contributed by atoms with Crippen LogP contribution in [-0.2, 0) is 16.8 Å². The number of amidine groups is 1. The molecule has 0 unspecified atom stereocenters. The summed E-state index contributed by atoms with van der Waals surface area (Å²) in [6.45, 7) is 8.03. The van der Waals surface area contributed by atoms with E-state index >= 15 is 0 Å². The third kappa shape index (κ3) is 6.04. The summed E-state index contributed by atoms with van der Waals surface area (Å²) in [4.78, 5) is 19.4. The number of ketones is 1. The number of carbonyl (C=O) groups is 1. The van der Waals surface area contributed by atoms with Crippen molar-refractivity contribution in [3.63, 3.8) is 0 Å². The molecule has 5 heteroatoms. The molecule has 0 saturated heterocycles. The molecular formula is C32H33N3O2. The second-order valence-electron chi connectivity index (χ2n) is 10.0. The predicted octanol–water partition coefficient (Wildman–Crippen LogP) is 6.56. The molecule has 4 rings (SSSR count). The molecule has 188 valence electrons. The lowest BCUT2D eigenvalue weighted by Crippen LogP contribution is -2.35. The molecule has 0 saturated carbocycles. The van der Waals surface area contributed by atoms with Crippen LogP contribution in [0.15, 0.2) is 89.1 Å². The summed E-state index contributed by atoms with van der Waals surface area (Å²) in [6, 6.07) is 26.0. The van der Waals surface area contributed by atoms with Gasteiger partial charge in [-0.25, -0.2) is 4.99 Å². The van der Waals surface area contributed by atoms with E-state index in [4.69, 9.17) is 4.99 Å². The quantitative estimate of drug-likeness (QED) is 0.387. The molecule has 5 nitrogen and oxygen atoms in total. The molecule has 1 N–H and O–H groups in total. The Hall–Kier alpha value is -4.01. The van der Waals surface area contributed by atoms with Gasteiger partial charge in [-0.05, 0) is 73.2 Å². The Bertz CT molecular complexity index is 1400. The molecular weight excluding hydrogens is 458 g/mol. The SMILES string of the molecule is CCC(=O)CC1=C(Cc2ccc(-c3ccccc3C#N)cc2)CN(c2cccc(C(C)(C)O)c2)C(C)=N1. The van der Waals surface area contributed by atoms with E-state index in [1.165, 1.54) is 0 Å². The van der Waals surface area contributed by atoms with Crippen LogP contribution in [0, 0.1) is 11.3 Å². The summed E-state index contributed by atoms with van der Waals surface area (Å²) < 4.78 is 0. The van der Waals surface area contributed by atoms with Crippen LogP contribution in [0.25, 0.3) is 11.1 Å². The number of carbonyl (C=O) groups excluding carboxylic acids is 1. The van der Waals surface area contributed by atoms with Crippen LogP contribution in [0.2, 0.25) is 0 Å². The Kier molecular flexibility index (Phi) is 7.71. The van der Waals surface area contributed by atoms with Crippen molar-refractivity contribution in [1.82, 2.24) is 0 Å². The zero-order valence-electron chi connectivity index (χ0n) is 22.0. The Morgan fingerprint density at radius 3 is 2.49 bits per heavy atom. The summed E-state index contributed by atoms with van der Waals surface area (Å²) >= 11 is 0. The third-order valence-electron chi connectivity index (χ3n) is 6.80. The van der Waals surface area contributed by atoms with E-state index < -0.39 is 5.60 Å². The highest BCUT2D eigenvalue weighted by Crippen LogP contribution is 2.31. The highest BCUT2D eigenvalue weighted by Gasteiger charge is 2.24. The molecule has 0 amide bonds. The second kappa shape index (κ2) is 10.9. The van der Waals surface area contributed by atoms with Gasteiger partial charge in [0.05, 0.1) is 22.9 Å². The summed E-state index contributed by atoms with van der Waals surface area (Å²) in [5, 5.41) is 20.0. The number of allylic oxidation sites excluding steroid dienone is 1. The average Bonchev–Trinajstić information content (AvgIpc) is 2.90. The molecule has 0 atom stereocenters. The number of benzene rings is 3. The number of nitrogens with zero attached hydrogens (tertiary/aromatic N) is 3. The van der Waals surface area contributed by atoms with Crippen LogP contribution in [0.5, 0.6) is 0 Å². The van der Waals surface area contributed by atoms with Gasteiger partial charge in [-0.3, -0.25) is 4.79 Å². The smallest absolute Gasteiger partial charge is 0.138 e. The highest BCUT2D eigenvalue weighted by molar-refractivity contribution is 5.98. The normalized spacial score (nSPS) is 13.8. The zero-order valence-corrected chi connectivity index (χ0v) is 22.0. The van der Waals surface area contributed by atoms with E-state index in [1.807, 2.05) is 74.5 Å². The van der Waals surface area contributed by atoms with Crippen molar-refractivity contribution in [3.05, 3.63) is 101 Å². The monoisotopic (exact) mass is 491 g/mol. The largest absolute Gasteiger partial charge is 0.386 e. The minimum Gasteiger partial charge on any atom is -0.386 e. The molecule has 0 aromatic heterocycles. The number of anilines is 1. The first kappa shape index (κ1) is 26.1. The van der Waals surface area contributed by atoms with Crippen LogP contribution in [0.3, 0.4) is 0 Å². The number of Topliss-reactive ketones (excluding diaryl/α,β-unsaturated/α-hetero) is 1. The van der Waals surface area contributed by atoms with Crippen LogP contribution >= 0.6 is 0 Å². The number of nitriles is 1. The van der Waals surface area contributed by atoms with Gasteiger partial charge in [0, 0.05) is 25.1 Å². The summed E-state index contributed by atoms with van der Waals surface area (Å²) in [5.74, 6) is 1.00. The molecule has 3 aromatic rings. The van der Waals surface area contributed by atoms with Gasteiger partial charge in [0.25, 0.3) is 0 Å². The molecule has 3 aromatic carbocycles. The molecule has 1 aliphatic heterocycles. The number of aliphatic imine (C=N–C) groups is 1. The molecule has 1 heterocycles. The van der Waals surface area contributed by atoms with Crippen molar-refractivity contribution in [3.8, 4) is 17.2 Å². The average molecular weight is 492 g/mol. The first-order valence-electron chi connectivity index (χ1n) is 12.7. The van der Waals surface area contributed by atoms with Gasteiger partial charge in [0.15, 0.2) is 0 Å². The fourth-order valence-corrected chi connectivity index (χ4v) is 4.58. The Balaban J connectivity index is 1.65. The fraction of sp³-hybridized carbons (Fsp3) is 0.281. The first-order valence-corrected chi connectivity index (χ1v) is 12.7. The molecule has 0 aliphatic carbocycles. The van der Waals surface area contributed by atoms with Gasteiger partial charge < -0.3 is 10.0 Å². The number of hydrogen-bond donors (Lipinski definition) is 1. The number of hydrogen-bond acceptors (Lipinski definition) is 5. The molecule has 37 heavy (non-hydrogen) atoms. The Labute approximate surface area is 219 Å². The maximum Gasteiger partial charge on any atom is 0.138 e. The summed E-state index contributed by atoms with van der Waals surface area (Å²) in [6.07, 6.45) is 1.48. The molecule has 0 bridgehead atoms. The Morgan fingerprint density at radius 2 is 1.81 bits per heavy atom. The maximum atomic E-state index is 12.4. The van der Waals surface area contributed by atoms with Crippen LogP contribution in [0.1, 0.15) is 57.2 Å². The minimum atomic E-state index is -0.944. The lowest BCUT2D eigenvalue weighted by molar-refractivity contribution is -0.118. The van der Waals surface area contributed by atoms with E-state index in [2.05, 4.69) is 23.1 Å². The van der Waals surface area contributed by atoms with E-state index in [0.717, 1.165) is 45.0 Å². The lowest BCUT2D eigenvalue weighted by Gasteiger charge is -2.32. The van der Waals surface area contributed by atoms with Gasteiger partial charge in [0.1, 0.15) is 11.6 Å². The fourth-order valence-electron chi connectivity index (χ4n) is 4.58. The topological polar surface area (TPSA) is 76.7 Å². The summed E-state index contributed by atoms with van der Waals surface area (Å²) in [7, 11) is 0. The number of rotatable bonds is 8. The van der Waals surface area contributed by atoms with Crippen LogP contribution < -0.4 is 4.90 Å². The van der Waals surface area contributed by atoms with Crippen molar-refractivity contribution in [2.45, 2.75) is 52.6 Å². The van der Waals surface area contributed by atoms with E-state index in [9.17, 15) is 15.2 Å². The second-order valence-corrected chi connectivity index (χ2v) is 10.0. The van der Waals surface area contributed by atoms with E-state index in [-0.39, 0.29) is 5.78 Å². The van der Waals surface area contributed by atoms with Crippen molar-refractivity contribution in [2.75, 3.05) is 11.4 Å². The standard InChI is InChI=1S/C32H33N3O2/c1-5-29(36)19-31-26(17-23-13-15-24(16-14-23)30-12-7-6-9-25(30)20-33)21-35(22(2)34-31)28-11-8-10-27(18-28)32(3,4)37/h6-16,18,37H,5,17,19,21H2,1-4H3. The van der Waals surface area contributed by atoms with Gasteiger partial charge in [0.2, 0.25) is 0 Å². The highest BCUT2D eigenvalue weighted by atomic mass is 16.3.